The molecule has 0 aliphatic heterocycles. The van der Waals surface area contributed by atoms with Crippen LogP contribution >= 0.6 is 0 Å². The molecule has 1 amide bonds. The minimum Gasteiger partial charge on any atom is -0.494 e. The van der Waals surface area contributed by atoms with Gasteiger partial charge in [-0.15, -0.1) is 0 Å². The largest absolute Gasteiger partial charge is 0.494 e. The van der Waals surface area contributed by atoms with Crippen molar-refractivity contribution in [2.45, 2.75) is 32.8 Å². The summed E-state index contributed by atoms with van der Waals surface area (Å²) in [4.78, 5) is 11.5. The molecule has 0 saturated carbocycles. The first kappa shape index (κ1) is 16.4. The molecule has 2 N–H and O–H groups in total. The lowest BCUT2D eigenvalue weighted by molar-refractivity contribution is -0.121. The van der Waals surface area contributed by atoms with Gasteiger partial charge in [-0.25, -0.2) is 4.39 Å². The third-order valence-electron chi connectivity index (χ3n) is 2.91. The van der Waals surface area contributed by atoms with Crippen LogP contribution in [0.15, 0.2) is 24.3 Å². The second-order valence-corrected chi connectivity index (χ2v) is 5.02. The topological polar surface area (TPSA) is 58.6 Å². The first-order valence-corrected chi connectivity index (χ1v) is 6.82. The zero-order valence-corrected chi connectivity index (χ0v) is 11.9. The van der Waals surface area contributed by atoms with Crippen LogP contribution in [0.1, 0.15) is 26.7 Å². The molecule has 0 aromatic heterocycles. The number of benzene rings is 1. The van der Waals surface area contributed by atoms with E-state index < -0.39 is 6.10 Å². The molecule has 0 aliphatic rings. The van der Waals surface area contributed by atoms with Gasteiger partial charge in [0.25, 0.3) is 0 Å². The van der Waals surface area contributed by atoms with Crippen LogP contribution in [-0.4, -0.2) is 30.3 Å². The number of carbonyl (C=O) groups excluding carboxylic acids is 1. The van der Waals surface area contributed by atoms with Gasteiger partial charge < -0.3 is 15.2 Å². The molecular formula is C15H22FNO3. The number of amides is 1. The van der Waals surface area contributed by atoms with Gasteiger partial charge in [0.1, 0.15) is 11.6 Å². The van der Waals surface area contributed by atoms with Crippen molar-refractivity contribution < 1.29 is 19.0 Å². The van der Waals surface area contributed by atoms with Gasteiger partial charge >= 0.3 is 0 Å². The number of ether oxygens (including phenoxy) is 1. The van der Waals surface area contributed by atoms with E-state index in [1.807, 2.05) is 13.8 Å². The fourth-order valence-corrected chi connectivity index (χ4v) is 1.50. The van der Waals surface area contributed by atoms with Crippen LogP contribution in [0.3, 0.4) is 0 Å². The highest BCUT2D eigenvalue weighted by Gasteiger charge is 2.10. The Bertz CT molecular complexity index is 406. The molecule has 1 aromatic carbocycles. The second-order valence-electron chi connectivity index (χ2n) is 5.02. The zero-order valence-electron chi connectivity index (χ0n) is 11.9. The van der Waals surface area contributed by atoms with Gasteiger partial charge in [0.2, 0.25) is 5.91 Å². The van der Waals surface area contributed by atoms with E-state index in [1.54, 1.807) is 12.1 Å². The van der Waals surface area contributed by atoms with Crippen LogP contribution in [0.2, 0.25) is 0 Å². The molecule has 1 aromatic rings. The van der Waals surface area contributed by atoms with E-state index in [-0.39, 0.29) is 24.2 Å². The third kappa shape index (κ3) is 6.52. The molecule has 0 heterocycles. The predicted octanol–water partition coefficient (Wildman–Crippen LogP) is 2.12. The van der Waals surface area contributed by atoms with Crippen molar-refractivity contribution in [3.05, 3.63) is 30.1 Å². The van der Waals surface area contributed by atoms with Crippen LogP contribution in [0.25, 0.3) is 0 Å². The molecule has 5 heteroatoms. The van der Waals surface area contributed by atoms with Crippen molar-refractivity contribution in [3.63, 3.8) is 0 Å². The summed E-state index contributed by atoms with van der Waals surface area (Å²) in [6.45, 7) is 4.46. The molecule has 1 atom stereocenters. The number of carbonyl (C=O) groups is 1. The summed E-state index contributed by atoms with van der Waals surface area (Å²) < 4.78 is 18.0. The number of rotatable bonds is 8. The van der Waals surface area contributed by atoms with Crippen LogP contribution in [0, 0.1) is 11.7 Å². The maximum atomic E-state index is 12.7. The fraction of sp³-hybridized carbons (Fsp3) is 0.533. The number of aliphatic hydroxyl groups excluding tert-OH is 1. The van der Waals surface area contributed by atoms with Gasteiger partial charge in [-0.3, -0.25) is 4.79 Å². The highest BCUT2D eigenvalue weighted by molar-refractivity contribution is 5.75. The number of nitrogens with one attached hydrogen (secondary N) is 1. The lowest BCUT2D eigenvalue weighted by atomic mass is 10.1. The van der Waals surface area contributed by atoms with Crippen molar-refractivity contribution in [2.75, 3.05) is 13.2 Å². The SMILES string of the molecule is CC(C)C(O)CNC(=O)CCCOc1ccc(F)cc1. The minimum atomic E-state index is -0.519. The summed E-state index contributed by atoms with van der Waals surface area (Å²) in [6, 6.07) is 5.76. The molecule has 0 radical (unpaired) electrons. The van der Waals surface area contributed by atoms with Crippen LogP contribution in [0.4, 0.5) is 4.39 Å². The van der Waals surface area contributed by atoms with Crippen LogP contribution in [-0.2, 0) is 4.79 Å². The molecular weight excluding hydrogens is 261 g/mol. The summed E-state index contributed by atoms with van der Waals surface area (Å²) in [5.41, 5.74) is 0. The summed E-state index contributed by atoms with van der Waals surface area (Å²) in [6.07, 6.45) is 0.391. The second kappa shape index (κ2) is 8.53. The molecule has 0 spiro atoms. The molecule has 0 bridgehead atoms. The van der Waals surface area contributed by atoms with Gasteiger partial charge in [-0.1, -0.05) is 13.8 Å². The lowest BCUT2D eigenvalue weighted by Crippen LogP contribution is -2.34. The van der Waals surface area contributed by atoms with Crippen molar-refractivity contribution in [2.24, 2.45) is 5.92 Å². The van der Waals surface area contributed by atoms with Gasteiger partial charge in [0, 0.05) is 13.0 Å². The Hall–Kier alpha value is -1.62. The van der Waals surface area contributed by atoms with Gasteiger partial charge in [0.15, 0.2) is 0 Å². The van der Waals surface area contributed by atoms with E-state index in [0.29, 0.717) is 25.2 Å². The highest BCUT2D eigenvalue weighted by Crippen LogP contribution is 2.11. The van der Waals surface area contributed by atoms with E-state index >= 15 is 0 Å². The Labute approximate surface area is 119 Å². The molecule has 20 heavy (non-hydrogen) atoms. The first-order valence-electron chi connectivity index (χ1n) is 6.82. The standard InChI is InChI=1S/C15H22FNO3/c1-11(2)14(18)10-17-15(19)4-3-9-20-13-7-5-12(16)6-8-13/h5-8,11,14,18H,3-4,9-10H2,1-2H3,(H,17,19). The monoisotopic (exact) mass is 283 g/mol. The smallest absolute Gasteiger partial charge is 0.220 e. The Morgan fingerprint density at radius 1 is 1.35 bits per heavy atom. The Balaban J connectivity index is 2.11. The third-order valence-corrected chi connectivity index (χ3v) is 2.91. The summed E-state index contributed by atoms with van der Waals surface area (Å²) in [7, 11) is 0. The fourth-order valence-electron chi connectivity index (χ4n) is 1.50. The van der Waals surface area contributed by atoms with Crippen molar-refractivity contribution in [1.29, 1.82) is 0 Å². The molecule has 4 nitrogen and oxygen atoms in total. The van der Waals surface area contributed by atoms with Gasteiger partial charge in [-0.2, -0.15) is 0 Å². The number of hydrogen-bond donors (Lipinski definition) is 2. The quantitative estimate of drug-likeness (QED) is 0.718. The van der Waals surface area contributed by atoms with Gasteiger partial charge in [-0.05, 0) is 36.6 Å². The van der Waals surface area contributed by atoms with Crippen LogP contribution in [0.5, 0.6) is 5.75 Å². The van der Waals surface area contributed by atoms with E-state index in [2.05, 4.69) is 5.32 Å². The van der Waals surface area contributed by atoms with E-state index in [9.17, 15) is 14.3 Å². The highest BCUT2D eigenvalue weighted by atomic mass is 19.1. The van der Waals surface area contributed by atoms with E-state index in [0.717, 1.165) is 0 Å². The van der Waals surface area contributed by atoms with E-state index in [4.69, 9.17) is 4.74 Å². The average Bonchev–Trinajstić information content (AvgIpc) is 2.42. The summed E-state index contributed by atoms with van der Waals surface area (Å²) in [5.74, 6) is 0.298. The summed E-state index contributed by atoms with van der Waals surface area (Å²) >= 11 is 0. The number of hydrogen-bond acceptors (Lipinski definition) is 3. The minimum absolute atomic E-state index is 0.104. The van der Waals surface area contributed by atoms with Crippen LogP contribution < -0.4 is 10.1 Å². The summed E-state index contributed by atoms with van der Waals surface area (Å²) in [5, 5.41) is 12.2. The maximum absolute atomic E-state index is 12.7. The molecule has 112 valence electrons. The first-order chi connectivity index (χ1) is 9.49. The predicted molar refractivity (Wildman–Crippen MR) is 75.0 cm³/mol. The van der Waals surface area contributed by atoms with Crippen molar-refractivity contribution >= 4 is 5.91 Å². The lowest BCUT2D eigenvalue weighted by Gasteiger charge is -2.15. The van der Waals surface area contributed by atoms with Gasteiger partial charge in [0.05, 0.1) is 12.7 Å². The maximum Gasteiger partial charge on any atom is 0.220 e. The normalized spacial score (nSPS) is 12.2. The number of halogens is 1. The molecule has 0 saturated heterocycles. The molecule has 0 fully saturated rings. The Morgan fingerprint density at radius 3 is 2.60 bits per heavy atom. The van der Waals surface area contributed by atoms with Crippen molar-refractivity contribution in [3.8, 4) is 5.75 Å². The molecule has 0 aliphatic carbocycles. The number of aliphatic hydroxyl groups is 1. The zero-order chi connectivity index (χ0) is 15.0. The Kier molecular flexibility index (Phi) is 7.01. The molecule has 1 unspecified atom stereocenters. The van der Waals surface area contributed by atoms with Crippen molar-refractivity contribution in [1.82, 2.24) is 5.32 Å². The average molecular weight is 283 g/mol. The molecule has 1 rings (SSSR count). The van der Waals surface area contributed by atoms with E-state index in [1.165, 1.54) is 12.1 Å². The Morgan fingerprint density at radius 2 is 2.00 bits per heavy atom.